The molecule has 4 heteroatoms. The lowest BCUT2D eigenvalue weighted by Gasteiger charge is -2.17. The number of Topliss-reactive ketones (excluding diaryl/α,β-unsaturated/α-hetero) is 2. The second-order valence-electron chi connectivity index (χ2n) is 2.28. The number of hydrogen-bond acceptors (Lipinski definition) is 2. The largest absolute Gasteiger partial charge is 0.300 e. The van der Waals surface area contributed by atoms with Crippen molar-refractivity contribution >= 4 is 34.8 Å². The molecule has 56 valence electrons. The van der Waals surface area contributed by atoms with E-state index in [1.807, 2.05) is 0 Å². The highest BCUT2D eigenvalue weighted by molar-refractivity contribution is 6.42. The standard InChI is InChI=1S/C6H6Cl2O2/c7-4-1-3(9)2-5(8)6(4)10/h4-5H,1-2H2. The van der Waals surface area contributed by atoms with Crippen LogP contribution in [0.5, 0.6) is 0 Å². The molecule has 1 rings (SSSR count). The second-order valence-corrected chi connectivity index (χ2v) is 3.34. The van der Waals surface area contributed by atoms with Gasteiger partial charge in [-0.25, -0.2) is 0 Å². The van der Waals surface area contributed by atoms with E-state index in [0.717, 1.165) is 0 Å². The molecule has 10 heavy (non-hydrogen) atoms. The number of hydrogen-bond donors (Lipinski definition) is 0. The van der Waals surface area contributed by atoms with Crippen LogP contribution in [-0.2, 0) is 9.59 Å². The molecule has 2 nitrogen and oxygen atoms in total. The van der Waals surface area contributed by atoms with Crippen LogP contribution in [0.4, 0.5) is 0 Å². The van der Waals surface area contributed by atoms with Gasteiger partial charge in [0.15, 0.2) is 5.78 Å². The first-order valence-corrected chi connectivity index (χ1v) is 3.82. The van der Waals surface area contributed by atoms with Gasteiger partial charge in [0, 0.05) is 12.8 Å². The molecule has 0 spiro atoms. The van der Waals surface area contributed by atoms with Gasteiger partial charge in [0.1, 0.15) is 16.5 Å². The highest BCUT2D eigenvalue weighted by atomic mass is 35.5. The van der Waals surface area contributed by atoms with Crippen LogP contribution in [-0.4, -0.2) is 22.3 Å². The third kappa shape index (κ3) is 1.50. The molecule has 0 aliphatic heterocycles. The van der Waals surface area contributed by atoms with E-state index in [1.165, 1.54) is 0 Å². The predicted octanol–water partition coefficient (Wildman–Crippen LogP) is 1.13. The smallest absolute Gasteiger partial charge is 0.169 e. The van der Waals surface area contributed by atoms with Crippen molar-refractivity contribution in [2.45, 2.75) is 23.6 Å². The van der Waals surface area contributed by atoms with E-state index in [9.17, 15) is 9.59 Å². The summed E-state index contributed by atoms with van der Waals surface area (Å²) in [6, 6.07) is 0. The lowest BCUT2D eigenvalue weighted by atomic mass is 9.97. The van der Waals surface area contributed by atoms with Crippen molar-refractivity contribution < 1.29 is 9.59 Å². The number of halogens is 2. The monoisotopic (exact) mass is 180 g/mol. The molecule has 0 radical (unpaired) electrons. The second kappa shape index (κ2) is 2.89. The first-order valence-electron chi connectivity index (χ1n) is 2.95. The van der Waals surface area contributed by atoms with Crippen molar-refractivity contribution in [3.05, 3.63) is 0 Å². The number of alkyl halides is 2. The van der Waals surface area contributed by atoms with E-state index in [4.69, 9.17) is 23.2 Å². The maximum Gasteiger partial charge on any atom is 0.169 e. The minimum absolute atomic E-state index is 0.0281. The summed E-state index contributed by atoms with van der Waals surface area (Å²) in [5.41, 5.74) is 0. The molecule has 1 saturated carbocycles. The van der Waals surface area contributed by atoms with Crippen LogP contribution < -0.4 is 0 Å². The normalized spacial score (nSPS) is 34.6. The molecule has 2 unspecified atom stereocenters. The van der Waals surface area contributed by atoms with Crippen molar-refractivity contribution in [1.82, 2.24) is 0 Å². The van der Waals surface area contributed by atoms with Gasteiger partial charge in [0.2, 0.25) is 0 Å². The quantitative estimate of drug-likeness (QED) is 0.525. The topological polar surface area (TPSA) is 34.1 Å². The molecule has 0 heterocycles. The first kappa shape index (κ1) is 8.02. The van der Waals surface area contributed by atoms with Gasteiger partial charge in [-0.05, 0) is 0 Å². The summed E-state index contributed by atoms with van der Waals surface area (Å²) in [5.74, 6) is -0.248. The van der Waals surface area contributed by atoms with E-state index in [-0.39, 0.29) is 24.4 Å². The summed E-state index contributed by atoms with van der Waals surface area (Å²) in [6.45, 7) is 0. The Hall–Kier alpha value is -0.0800. The summed E-state index contributed by atoms with van der Waals surface area (Å²) in [6.07, 6.45) is 0.285. The lowest BCUT2D eigenvalue weighted by molar-refractivity contribution is -0.128. The van der Waals surface area contributed by atoms with Gasteiger partial charge in [-0.15, -0.1) is 23.2 Å². The highest BCUT2D eigenvalue weighted by Gasteiger charge is 2.32. The third-order valence-electron chi connectivity index (χ3n) is 1.43. The Morgan fingerprint density at radius 3 is 1.90 bits per heavy atom. The van der Waals surface area contributed by atoms with Crippen molar-refractivity contribution in [3.8, 4) is 0 Å². The molecule has 0 N–H and O–H groups in total. The first-order chi connectivity index (χ1) is 4.61. The van der Waals surface area contributed by atoms with Crippen molar-refractivity contribution in [3.63, 3.8) is 0 Å². The lowest BCUT2D eigenvalue weighted by Crippen LogP contribution is -2.34. The van der Waals surface area contributed by atoms with Gasteiger partial charge >= 0.3 is 0 Å². The van der Waals surface area contributed by atoms with Crippen LogP contribution in [0.2, 0.25) is 0 Å². The Morgan fingerprint density at radius 1 is 1.10 bits per heavy atom. The van der Waals surface area contributed by atoms with Crippen LogP contribution in [0.1, 0.15) is 12.8 Å². The SMILES string of the molecule is O=C1CC(Cl)C(=O)C(Cl)C1. The molecule has 0 aromatic heterocycles. The van der Waals surface area contributed by atoms with E-state index in [2.05, 4.69) is 0 Å². The fourth-order valence-electron chi connectivity index (χ4n) is 0.881. The summed E-state index contributed by atoms with van der Waals surface area (Å²) in [7, 11) is 0. The molecule has 0 amide bonds. The van der Waals surface area contributed by atoms with Gasteiger partial charge in [-0.3, -0.25) is 9.59 Å². The molecule has 1 fully saturated rings. The Bertz CT molecular complexity index is 163. The summed E-state index contributed by atoms with van der Waals surface area (Å²) < 4.78 is 0. The van der Waals surface area contributed by atoms with Crippen molar-refractivity contribution in [2.75, 3.05) is 0 Å². The Kier molecular flexibility index (Phi) is 2.32. The Morgan fingerprint density at radius 2 is 1.50 bits per heavy atom. The molecule has 0 saturated heterocycles. The number of carbonyl (C=O) groups is 2. The third-order valence-corrected chi connectivity index (χ3v) is 2.17. The van der Waals surface area contributed by atoms with Gasteiger partial charge < -0.3 is 0 Å². The van der Waals surface area contributed by atoms with Gasteiger partial charge in [0.05, 0.1) is 0 Å². The maximum atomic E-state index is 10.9. The average Bonchev–Trinajstić information content (AvgIpc) is 1.82. The molecule has 1 aliphatic rings. The van der Waals surface area contributed by atoms with E-state index < -0.39 is 10.8 Å². The maximum absolute atomic E-state index is 10.9. The molecule has 2 atom stereocenters. The van der Waals surface area contributed by atoms with Crippen LogP contribution in [0, 0.1) is 0 Å². The van der Waals surface area contributed by atoms with E-state index in [1.54, 1.807) is 0 Å². The van der Waals surface area contributed by atoms with Gasteiger partial charge in [0.25, 0.3) is 0 Å². The van der Waals surface area contributed by atoms with Gasteiger partial charge in [-0.1, -0.05) is 0 Å². The van der Waals surface area contributed by atoms with E-state index >= 15 is 0 Å². The minimum atomic E-state index is -0.691. The van der Waals surface area contributed by atoms with Crippen molar-refractivity contribution in [2.24, 2.45) is 0 Å². The summed E-state index contributed by atoms with van der Waals surface area (Å²) in [5, 5.41) is -1.38. The zero-order valence-electron chi connectivity index (χ0n) is 5.14. The molecular weight excluding hydrogens is 175 g/mol. The average molecular weight is 181 g/mol. The zero-order valence-corrected chi connectivity index (χ0v) is 6.65. The van der Waals surface area contributed by atoms with Crippen LogP contribution in [0.15, 0.2) is 0 Å². The Balaban J connectivity index is 2.66. The Labute approximate surface area is 68.5 Å². The van der Waals surface area contributed by atoms with E-state index in [0.29, 0.717) is 0 Å². The number of rotatable bonds is 0. The van der Waals surface area contributed by atoms with Crippen LogP contribution in [0.25, 0.3) is 0 Å². The van der Waals surface area contributed by atoms with Crippen LogP contribution in [0.3, 0.4) is 0 Å². The van der Waals surface area contributed by atoms with Crippen molar-refractivity contribution in [1.29, 1.82) is 0 Å². The summed E-state index contributed by atoms with van der Waals surface area (Å²) >= 11 is 11.0. The fraction of sp³-hybridized carbons (Fsp3) is 0.667. The molecule has 0 bridgehead atoms. The minimum Gasteiger partial charge on any atom is -0.300 e. The van der Waals surface area contributed by atoms with Crippen LogP contribution >= 0.6 is 23.2 Å². The fourth-order valence-corrected chi connectivity index (χ4v) is 1.59. The van der Waals surface area contributed by atoms with Gasteiger partial charge in [-0.2, -0.15) is 0 Å². The predicted molar refractivity (Wildman–Crippen MR) is 38.5 cm³/mol. The molecule has 0 aromatic rings. The summed E-state index contributed by atoms with van der Waals surface area (Å²) in [4.78, 5) is 21.6. The number of ketones is 2. The molecule has 0 aromatic carbocycles. The zero-order chi connectivity index (χ0) is 7.72. The highest BCUT2D eigenvalue weighted by Crippen LogP contribution is 2.20. The molecule has 1 aliphatic carbocycles. The number of carbonyl (C=O) groups excluding carboxylic acids is 2. The molecular formula is C6H6Cl2O2.